The van der Waals surface area contributed by atoms with E-state index in [0.717, 1.165) is 38.4 Å². The van der Waals surface area contributed by atoms with Gasteiger partial charge >= 0.3 is 0 Å². The molecule has 0 radical (unpaired) electrons. The van der Waals surface area contributed by atoms with Crippen LogP contribution in [0.4, 0.5) is 11.8 Å². The van der Waals surface area contributed by atoms with Crippen molar-refractivity contribution in [2.24, 2.45) is 0 Å². The second kappa shape index (κ2) is 7.90. The summed E-state index contributed by atoms with van der Waals surface area (Å²) in [4.78, 5) is 14.9. The van der Waals surface area contributed by atoms with Crippen LogP contribution in [0.1, 0.15) is 62.6 Å². The van der Waals surface area contributed by atoms with E-state index in [4.69, 9.17) is 9.97 Å². The van der Waals surface area contributed by atoms with Crippen molar-refractivity contribution in [2.45, 2.75) is 70.3 Å². The Balaban J connectivity index is 1.51. The van der Waals surface area contributed by atoms with Gasteiger partial charge in [-0.05, 0) is 58.5 Å². The van der Waals surface area contributed by atoms with E-state index in [-0.39, 0.29) is 0 Å². The summed E-state index contributed by atoms with van der Waals surface area (Å²) in [5.74, 6) is 2.10. The topological polar surface area (TPSA) is 44.3 Å². The van der Waals surface area contributed by atoms with Gasteiger partial charge in [0.1, 0.15) is 5.82 Å². The first-order valence-corrected chi connectivity index (χ1v) is 10.4. The fourth-order valence-corrected chi connectivity index (χ4v) is 4.65. The third-order valence-electron chi connectivity index (χ3n) is 6.23. The first-order valence-electron chi connectivity index (χ1n) is 10.4. The van der Waals surface area contributed by atoms with Gasteiger partial charge in [0, 0.05) is 31.2 Å². The number of aryl methyl sites for hydroxylation is 1. The van der Waals surface area contributed by atoms with Crippen molar-refractivity contribution in [3.8, 4) is 0 Å². The Kier molecular flexibility index (Phi) is 5.39. The van der Waals surface area contributed by atoms with Gasteiger partial charge in [0.2, 0.25) is 5.95 Å². The van der Waals surface area contributed by atoms with E-state index in [1.807, 2.05) is 0 Å². The predicted octanol–water partition coefficient (Wildman–Crippen LogP) is 3.24. The van der Waals surface area contributed by atoms with Gasteiger partial charge in [-0.3, -0.25) is 0 Å². The van der Waals surface area contributed by atoms with Crippen molar-refractivity contribution in [1.82, 2.24) is 14.9 Å². The summed E-state index contributed by atoms with van der Waals surface area (Å²) in [5, 5.41) is 3.58. The second-order valence-electron chi connectivity index (χ2n) is 8.06. The number of piperidine rings is 1. The molecule has 25 heavy (non-hydrogen) atoms. The number of hydrogen-bond acceptors (Lipinski definition) is 5. The number of nitrogens with zero attached hydrogens (tertiary/aromatic N) is 4. The number of likely N-dealkylation sites (tertiary alicyclic amines) is 1. The van der Waals surface area contributed by atoms with E-state index in [0.29, 0.717) is 6.04 Å². The van der Waals surface area contributed by atoms with Gasteiger partial charge in [-0.25, -0.2) is 4.98 Å². The minimum atomic E-state index is 0.618. The molecule has 1 aliphatic carbocycles. The number of fused-ring (bicyclic) bond motifs is 1. The minimum Gasteiger partial charge on any atom is -0.356 e. The van der Waals surface area contributed by atoms with Gasteiger partial charge in [0.05, 0.1) is 5.69 Å². The molecule has 138 valence electrons. The Morgan fingerprint density at radius 3 is 2.52 bits per heavy atom. The van der Waals surface area contributed by atoms with Gasteiger partial charge in [0.25, 0.3) is 0 Å². The van der Waals surface area contributed by atoms with Crippen molar-refractivity contribution >= 4 is 11.8 Å². The molecule has 0 saturated carbocycles. The maximum absolute atomic E-state index is 5.00. The molecule has 3 heterocycles. The normalized spacial score (nSPS) is 24.8. The highest BCUT2D eigenvalue weighted by Crippen LogP contribution is 2.31. The van der Waals surface area contributed by atoms with E-state index in [9.17, 15) is 0 Å². The zero-order valence-electron chi connectivity index (χ0n) is 15.8. The summed E-state index contributed by atoms with van der Waals surface area (Å²) in [6, 6.07) is 0.618. The van der Waals surface area contributed by atoms with Crippen LogP contribution >= 0.6 is 0 Å². The molecule has 1 aromatic rings. The molecule has 4 rings (SSSR count). The predicted molar refractivity (Wildman–Crippen MR) is 103 cm³/mol. The molecular formula is C20H33N5. The van der Waals surface area contributed by atoms with E-state index < -0.39 is 0 Å². The Labute approximate surface area is 152 Å². The van der Waals surface area contributed by atoms with Crippen LogP contribution in [0.25, 0.3) is 0 Å². The minimum absolute atomic E-state index is 0.618. The van der Waals surface area contributed by atoms with Crippen LogP contribution < -0.4 is 10.2 Å². The largest absolute Gasteiger partial charge is 0.356 e. The molecular weight excluding hydrogens is 310 g/mol. The maximum atomic E-state index is 5.00. The number of hydrogen-bond donors (Lipinski definition) is 1. The Hall–Kier alpha value is -1.36. The van der Waals surface area contributed by atoms with Crippen LogP contribution in [0.3, 0.4) is 0 Å². The molecule has 1 N–H and O–H groups in total. The third kappa shape index (κ3) is 3.91. The van der Waals surface area contributed by atoms with Gasteiger partial charge < -0.3 is 15.1 Å². The van der Waals surface area contributed by atoms with Crippen molar-refractivity contribution in [3.05, 3.63) is 11.3 Å². The number of rotatable bonds is 4. The zero-order valence-corrected chi connectivity index (χ0v) is 15.8. The smallest absolute Gasteiger partial charge is 0.224 e. The SMILES string of the molecule is CN1CCCCC1CNc1nc2c(c(N3CCCCCC3)n1)CCC2. The molecule has 1 atom stereocenters. The Morgan fingerprint density at radius 1 is 0.920 bits per heavy atom. The quantitative estimate of drug-likeness (QED) is 0.909. The molecule has 0 aromatic carbocycles. The standard InChI is InChI=1S/C20H33N5/c1-24-12-7-4-9-16(24)15-21-20-22-18-11-8-10-17(18)19(23-20)25-13-5-2-3-6-14-25/h16H,2-15H2,1H3,(H,21,22,23). The number of anilines is 2. The van der Waals surface area contributed by atoms with Crippen LogP contribution in [-0.2, 0) is 12.8 Å². The van der Waals surface area contributed by atoms with E-state index in [1.165, 1.54) is 75.0 Å². The maximum Gasteiger partial charge on any atom is 0.224 e. The molecule has 2 aliphatic heterocycles. The van der Waals surface area contributed by atoms with E-state index in [2.05, 4.69) is 22.2 Å². The van der Waals surface area contributed by atoms with Crippen molar-refractivity contribution < 1.29 is 0 Å². The van der Waals surface area contributed by atoms with Crippen LogP contribution in [0.15, 0.2) is 0 Å². The molecule has 2 fully saturated rings. The van der Waals surface area contributed by atoms with Gasteiger partial charge in [-0.15, -0.1) is 0 Å². The molecule has 2 saturated heterocycles. The number of aromatic nitrogens is 2. The second-order valence-corrected chi connectivity index (χ2v) is 8.06. The molecule has 0 amide bonds. The lowest BCUT2D eigenvalue weighted by Crippen LogP contribution is -2.41. The molecule has 0 spiro atoms. The Bertz CT molecular complexity index is 580. The molecule has 0 bridgehead atoms. The summed E-state index contributed by atoms with van der Waals surface area (Å²) in [7, 11) is 2.25. The molecule has 1 unspecified atom stereocenters. The monoisotopic (exact) mass is 343 g/mol. The fraction of sp³-hybridized carbons (Fsp3) is 0.800. The summed E-state index contributed by atoms with van der Waals surface area (Å²) < 4.78 is 0. The zero-order chi connectivity index (χ0) is 17.1. The van der Waals surface area contributed by atoms with Gasteiger partial charge in [-0.2, -0.15) is 4.98 Å². The molecule has 1 aromatic heterocycles. The van der Waals surface area contributed by atoms with Crippen molar-refractivity contribution in [3.63, 3.8) is 0 Å². The van der Waals surface area contributed by atoms with Gasteiger partial charge in [-0.1, -0.05) is 19.3 Å². The summed E-state index contributed by atoms with van der Waals surface area (Å²) in [6.07, 6.45) is 12.8. The molecule has 5 nitrogen and oxygen atoms in total. The molecule has 5 heteroatoms. The van der Waals surface area contributed by atoms with Crippen LogP contribution in [-0.4, -0.2) is 54.1 Å². The van der Waals surface area contributed by atoms with Crippen LogP contribution in [0.2, 0.25) is 0 Å². The summed E-state index contributed by atoms with van der Waals surface area (Å²) in [6.45, 7) is 4.51. The average Bonchev–Trinajstić information content (AvgIpc) is 2.93. The lowest BCUT2D eigenvalue weighted by Gasteiger charge is -2.32. The summed E-state index contributed by atoms with van der Waals surface area (Å²) in [5.41, 5.74) is 2.73. The number of nitrogens with one attached hydrogen (secondary N) is 1. The highest BCUT2D eigenvalue weighted by Gasteiger charge is 2.24. The lowest BCUT2D eigenvalue weighted by atomic mass is 10.0. The lowest BCUT2D eigenvalue weighted by molar-refractivity contribution is 0.194. The van der Waals surface area contributed by atoms with Crippen LogP contribution in [0, 0.1) is 0 Å². The first kappa shape index (κ1) is 17.1. The third-order valence-corrected chi connectivity index (χ3v) is 6.23. The summed E-state index contributed by atoms with van der Waals surface area (Å²) >= 11 is 0. The van der Waals surface area contributed by atoms with Crippen LogP contribution in [0.5, 0.6) is 0 Å². The fourth-order valence-electron chi connectivity index (χ4n) is 4.65. The first-order chi connectivity index (χ1) is 12.3. The van der Waals surface area contributed by atoms with Crippen molar-refractivity contribution in [1.29, 1.82) is 0 Å². The van der Waals surface area contributed by atoms with Gasteiger partial charge in [0.15, 0.2) is 0 Å². The highest BCUT2D eigenvalue weighted by molar-refractivity contribution is 5.54. The van der Waals surface area contributed by atoms with E-state index in [1.54, 1.807) is 0 Å². The Morgan fingerprint density at radius 2 is 1.72 bits per heavy atom. The highest BCUT2D eigenvalue weighted by atomic mass is 15.2. The number of likely N-dealkylation sites (N-methyl/N-ethyl adjacent to an activating group) is 1. The van der Waals surface area contributed by atoms with Crippen molar-refractivity contribution in [2.75, 3.05) is 43.4 Å². The van der Waals surface area contributed by atoms with E-state index >= 15 is 0 Å². The molecule has 3 aliphatic rings. The average molecular weight is 344 g/mol.